The van der Waals surface area contributed by atoms with Crippen molar-refractivity contribution in [1.82, 2.24) is 10.3 Å². The predicted octanol–water partition coefficient (Wildman–Crippen LogP) is 3.51. The fourth-order valence-electron chi connectivity index (χ4n) is 1.75. The van der Waals surface area contributed by atoms with Crippen molar-refractivity contribution in [1.29, 1.82) is 0 Å². The van der Waals surface area contributed by atoms with Crippen LogP contribution in [0.2, 0.25) is 15.1 Å². The molecule has 1 heterocycles. The summed E-state index contributed by atoms with van der Waals surface area (Å²) in [5.41, 5.74) is 0.727. The molecule has 4 nitrogen and oxygen atoms in total. The van der Waals surface area contributed by atoms with Crippen molar-refractivity contribution >= 4 is 40.7 Å². The minimum atomic E-state index is -0.564. The molecule has 2 rings (SSSR count). The van der Waals surface area contributed by atoms with E-state index in [2.05, 4.69) is 10.3 Å². The molecule has 1 aromatic carbocycles. The standard InChI is InChI=1S/C14H11Cl3N2O2/c15-9-6-18-13(12(17)11(9)16)14(21)19-10(7-20)8-4-2-1-3-5-8/h1-6,10,20H,7H2,(H,19,21). The second-order valence-electron chi connectivity index (χ2n) is 4.20. The fraction of sp³-hybridized carbons (Fsp3) is 0.143. The summed E-state index contributed by atoms with van der Waals surface area (Å²) < 4.78 is 0. The van der Waals surface area contributed by atoms with Crippen LogP contribution in [0.25, 0.3) is 0 Å². The maximum Gasteiger partial charge on any atom is 0.272 e. The van der Waals surface area contributed by atoms with Gasteiger partial charge in [0.2, 0.25) is 0 Å². The third kappa shape index (κ3) is 3.66. The first-order chi connectivity index (χ1) is 10.0. The van der Waals surface area contributed by atoms with E-state index in [1.54, 1.807) is 12.1 Å². The Labute approximate surface area is 136 Å². The first kappa shape index (κ1) is 16.0. The Balaban J connectivity index is 2.23. The highest BCUT2D eigenvalue weighted by Gasteiger charge is 2.20. The van der Waals surface area contributed by atoms with E-state index in [1.807, 2.05) is 18.2 Å². The van der Waals surface area contributed by atoms with Crippen LogP contribution < -0.4 is 5.32 Å². The summed E-state index contributed by atoms with van der Waals surface area (Å²) in [5, 5.41) is 12.3. The van der Waals surface area contributed by atoms with Gasteiger partial charge >= 0.3 is 0 Å². The number of carbonyl (C=O) groups is 1. The summed E-state index contributed by atoms with van der Waals surface area (Å²) in [7, 11) is 0. The lowest BCUT2D eigenvalue weighted by Crippen LogP contribution is -2.31. The molecule has 2 N–H and O–H groups in total. The average Bonchev–Trinajstić information content (AvgIpc) is 2.51. The maximum atomic E-state index is 12.2. The van der Waals surface area contributed by atoms with E-state index < -0.39 is 11.9 Å². The van der Waals surface area contributed by atoms with Crippen LogP contribution in [0.5, 0.6) is 0 Å². The van der Waals surface area contributed by atoms with Crippen molar-refractivity contribution < 1.29 is 9.90 Å². The molecule has 1 atom stereocenters. The largest absolute Gasteiger partial charge is 0.394 e. The van der Waals surface area contributed by atoms with Crippen molar-refractivity contribution in [2.24, 2.45) is 0 Å². The number of rotatable bonds is 4. The van der Waals surface area contributed by atoms with Gasteiger partial charge in [-0.1, -0.05) is 65.1 Å². The van der Waals surface area contributed by atoms with Gasteiger partial charge in [-0.05, 0) is 5.56 Å². The predicted molar refractivity (Wildman–Crippen MR) is 83.0 cm³/mol. The summed E-state index contributed by atoms with van der Waals surface area (Å²) in [5.74, 6) is -0.540. The normalized spacial score (nSPS) is 12.0. The van der Waals surface area contributed by atoms with Crippen molar-refractivity contribution in [3.05, 3.63) is 62.9 Å². The van der Waals surface area contributed by atoms with Crippen LogP contribution >= 0.6 is 34.8 Å². The van der Waals surface area contributed by atoms with Gasteiger partial charge in [-0.25, -0.2) is 4.98 Å². The summed E-state index contributed by atoms with van der Waals surface area (Å²) >= 11 is 17.6. The Morgan fingerprint density at radius 1 is 1.19 bits per heavy atom. The molecule has 2 aromatic rings. The Bertz CT molecular complexity index is 650. The van der Waals surface area contributed by atoms with Crippen LogP contribution in [0.4, 0.5) is 0 Å². The van der Waals surface area contributed by atoms with Gasteiger partial charge in [-0.3, -0.25) is 4.79 Å². The van der Waals surface area contributed by atoms with Crippen LogP contribution in [0.3, 0.4) is 0 Å². The van der Waals surface area contributed by atoms with Crippen molar-refractivity contribution in [2.45, 2.75) is 6.04 Å². The number of carbonyl (C=O) groups excluding carboxylic acids is 1. The molecule has 0 bridgehead atoms. The monoisotopic (exact) mass is 344 g/mol. The summed E-state index contributed by atoms with van der Waals surface area (Å²) in [6.07, 6.45) is 1.25. The molecule has 1 amide bonds. The Morgan fingerprint density at radius 3 is 2.48 bits per heavy atom. The minimum Gasteiger partial charge on any atom is -0.394 e. The van der Waals surface area contributed by atoms with Crippen molar-refractivity contribution in [2.75, 3.05) is 6.61 Å². The van der Waals surface area contributed by atoms with Crippen LogP contribution in [0, 0.1) is 0 Å². The van der Waals surface area contributed by atoms with Gasteiger partial charge in [-0.2, -0.15) is 0 Å². The molecular formula is C14H11Cl3N2O2. The van der Waals surface area contributed by atoms with Gasteiger partial charge in [0.1, 0.15) is 5.69 Å². The first-order valence-electron chi connectivity index (χ1n) is 6.00. The number of aliphatic hydroxyl groups is 1. The number of halogens is 3. The first-order valence-corrected chi connectivity index (χ1v) is 7.14. The number of nitrogens with zero attached hydrogens (tertiary/aromatic N) is 1. The van der Waals surface area contributed by atoms with E-state index in [9.17, 15) is 9.90 Å². The molecule has 7 heteroatoms. The number of hydrogen-bond acceptors (Lipinski definition) is 3. The van der Waals surface area contributed by atoms with Gasteiger partial charge in [0.05, 0.1) is 27.7 Å². The van der Waals surface area contributed by atoms with Gasteiger partial charge in [0, 0.05) is 6.20 Å². The zero-order valence-corrected chi connectivity index (χ0v) is 13.0. The van der Waals surface area contributed by atoms with E-state index >= 15 is 0 Å². The van der Waals surface area contributed by atoms with Gasteiger partial charge in [-0.15, -0.1) is 0 Å². The molecule has 0 aliphatic carbocycles. The third-order valence-corrected chi connectivity index (χ3v) is 4.06. The number of aromatic nitrogens is 1. The van der Waals surface area contributed by atoms with E-state index in [-0.39, 0.29) is 27.4 Å². The van der Waals surface area contributed by atoms with Gasteiger partial charge in [0.25, 0.3) is 5.91 Å². The Morgan fingerprint density at radius 2 is 1.86 bits per heavy atom. The SMILES string of the molecule is O=C(NC(CO)c1ccccc1)c1ncc(Cl)c(Cl)c1Cl. The summed E-state index contributed by atoms with van der Waals surface area (Å²) in [4.78, 5) is 16.1. The van der Waals surface area contributed by atoms with E-state index in [1.165, 1.54) is 6.20 Å². The number of nitrogens with one attached hydrogen (secondary N) is 1. The van der Waals surface area contributed by atoms with Crippen molar-refractivity contribution in [3.8, 4) is 0 Å². The third-order valence-electron chi connectivity index (χ3n) is 2.82. The van der Waals surface area contributed by atoms with Gasteiger partial charge in [0.15, 0.2) is 0 Å². The number of benzene rings is 1. The zero-order valence-electron chi connectivity index (χ0n) is 10.7. The molecule has 0 spiro atoms. The highest BCUT2D eigenvalue weighted by molar-refractivity contribution is 6.48. The molecule has 0 aliphatic heterocycles. The number of pyridine rings is 1. The lowest BCUT2D eigenvalue weighted by atomic mass is 10.1. The molecule has 1 aromatic heterocycles. The molecule has 110 valence electrons. The second-order valence-corrected chi connectivity index (χ2v) is 5.37. The topological polar surface area (TPSA) is 62.2 Å². The molecule has 0 saturated carbocycles. The molecule has 21 heavy (non-hydrogen) atoms. The molecule has 1 unspecified atom stereocenters. The van der Waals surface area contributed by atoms with E-state index in [0.717, 1.165) is 5.56 Å². The van der Waals surface area contributed by atoms with Crippen molar-refractivity contribution in [3.63, 3.8) is 0 Å². The molecular weight excluding hydrogens is 335 g/mol. The Hall–Kier alpha value is -1.33. The fourth-order valence-corrected chi connectivity index (χ4v) is 2.31. The quantitative estimate of drug-likeness (QED) is 0.891. The van der Waals surface area contributed by atoms with Crippen LogP contribution in [-0.2, 0) is 0 Å². The van der Waals surface area contributed by atoms with Crippen LogP contribution in [0.15, 0.2) is 36.5 Å². The van der Waals surface area contributed by atoms with E-state index in [4.69, 9.17) is 34.8 Å². The van der Waals surface area contributed by atoms with Crippen LogP contribution in [-0.4, -0.2) is 22.6 Å². The smallest absolute Gasteiger partial charge is 0.272 e. The molecule has 0 aliphatic rings. The lowest BCUT2D eigenvalue weighted by Gasteiger charge is -2.17. The highest BCUT2D eigenvalue weighted by Crippen LogP contribution is 2.31. The van der Waals surface area contributed by atoms with Crippen LogP contribution in [0.1, 0.15) is 22.1 Å². The molecule has 0 fully saturated rings. The van der Waals surface area contributed by atoms with E-state index in [0.29, 0.717) is 0 Å². The zero-order chi connectivity index (χ0) is 15.4. The number of aliphatic hydroxyl groups excluding tert-OH is 1. The highest BCUT2D eigenvalue weighted by atomic mass is 35.5. The second kappa shape index (κ2) is 7.09. The average molecular weight is 346 g/mol. The summed E-state index contributed by atoms with van der Waals surface area (Å²) in [6.45, 7) is -0.255. The molecule has 0 saturated heterocycles. The molecule has 0 radical (unpaired) electrons. The Kier molecular flexibility index (Phi) is 5.42. The minimum absolute atomic E-state index is 0.0218. The maximum absolute atomic E-state index is 12.2. The summed E-state index contributed by atoms with van der Waals surface area (Å²) in [6, 6.07) is 8.50. The number of amides is 1. The number of hydrogen-bond donors (Lipinski definition) is 2. The van der Waals surface area contributed by atoms with Gasteiger partial charge < -0.3 is 10.4 Å². The lowest BCUT2D eigenvalue weighted by molar-refractivity contribution is 0.0911.